The number of fused-ring (bicyclic) bond motifs is 5. The standard InChI is InChI=1S/C58H56N4O.Pt/c1-57(2,3)43-33-36-59-55(37-43)62-54-39-46(31-32-50(54)49-25-11-12-28-51(49)58(62)34-15-6-16-35-58)63-45-24-17-23-44(38-45)60-40-61(53-30-14-13-29-52(53)60)56-47(41-19-7-4-8-20-41)26-18-27-48(56)42-21-9-5-10-22-42;/h4-5,7-10,13-14,17-24,26-27,29-33,36-39,49,51H,6,11-12,15-16,25,28,34-35H2,1-3H3;. The van der Waals surface area contributed by atoms with Gasteiger partial charge in [-0.05, 0) is 23.5 Å². The first-order valence-corrected chi connectivity index (χ1v) is 24.5. The second-order valence-electron chi connectivity index (χ2n) is 19.3. The van der Waals surface area contributed by atoms with Crippen molar-refractivity contribution in [3.05, 3.63) is 179 Å². The van der Waals surface area contributed by atoms with E-state index in [4.69, 9.17) is 9.72 Å². The number of rotatable bonds is 7. The van der Waals surface area contributed by atoms with Gasteiger partial charge in [-0.3, -0.25) is 0 Å². The van der Waals surface area contributed by atoms with E-state index in [1.54, 1.807) is 0 Å². The maximum absolute atomic E-state index is 7.01. The van der Waals surface area contributed by atoms with Gasteiger partial charge in [-0.25, -0.2) is 0 Å². The Balaban J connectivity index is 1.03. The topological polar surface area (TPSA) is 35.2 Å². The smallest absolute Gasteiger partial charge is 0.0531 e. The molecule has 0 amide bonds. The van der Waals surface area contributed by atoms with Crippen molar-refractivity contribution >= 4 is 22.5 Å². The van der Waals surface area contributed by atoms with Crippen molar-refractivity contribution in [2.45, 2.75) is 95.4 Å². The van der Waals surface area contributed by atoms with Gasteiger partial charge in [0.05, 0.1) is 0 Å². The molecule has 6 aromatic carbocycles. The Bertz CT molecular complexity index is 2990. The monoisotopic (exact) mass is 1020 g/mol. The first-order valence-electron chi connectivity index (χ1n) is 23.4. The average Bonchev–Trinajstić information content (AvgIpc) is 3.63. The number of pyridine rings is 1. The number of para-hydroxylation sites is 3. The van der Waals surface area contributed by atoms with Crippen molar-refractivity contribution in [2.75, 3.05) is 4.90 Å². The van der Waals surface area contributed by atoms with Gasteiger partial charge in [0.25, 0.3) is 0 Å². The summed E-state index contributed by atoms with van der Waals surface area (Å²) < 4.78 is 12.9. The third-order valence-electron chi connectivity index (χ3n) is 14.5. The van der Waals surface area contributed by atoms with Crippen LogP contribution in [0.5, 0.6) is 11.5 Å². The van der Waals surface area contributed by atoms with Crippen molar-refractivity contribution in [1.82, 2.24) is 14.1 Å². The second-order valence-corrected chi connectivity index (χ2v) is 20.3. The Morgan fingerprint density at radius 2 is 1.25 bits per heavy atom. The quantitative estimate of drug-likeness (QED) is 0.160. The Morgan fingerprint density at radius 3 is 1.95 bits per heavy atom. The molecular formula is C58H56N4OPt. The summed E-state index contributed by atoms with van der Waals surface area (Å²) >= 11 is 2.53. The summed E-state index contributed by atoms with van der Waals surface area (Å²) in [7, 11) is 0. The van der Waals surface area contributed by atoms with Gasteiger partial charge in [0.15, 0.2) is 0 Å². The van der Waals surface area contributed by atoms with Crippen LogP contribution in [-0.4, -0.2) is 19.7 Å². The van der Waals surface area contributed by atoms with E-state index < -0.39 is 0 Å². The third kappa shape index (κ3) is 7.12. The molecule has 2 atom stereocenters. The van der Waals surface area contributed by atoms with E-state index in [0.29, 0.717) is 11.8 Å². The summed E-state index contributed by atoms with van der Waals surface area (Å²) in [4.78, 5) is 7.92. The summed E-state index contributed by atoms with van der Waals surface area (Å²) in [6, 6.07) is 57.2. The van der Waals surface area contributed by atoms with Crippen molar-refractivity contribution in [3.63, 3.8) is 0 Å². The fourth-order valence-electron chi connectivity index (χ4n) is 11.6. The predicted octanol–water partition coefficient (Wildman–Crippen LogP) is 15.4. The van der Waals surface area contributed by atoms with Crippen LogP contribution >= 0.6 is 0 Å². The number of ether oxygens (including phenoxy) is 1. The Kier molecular flexibility index (Phi) is 10.7. The molecule has 0 saturated heterocycles. The van der Waals surface area contributed by atoms with Gasteiger partial charge in [0, 0.05) is 6.20 Å². The van der Waals surface area contributed by atoms with E-state index in [0.717, 1.165) is 43.5 Å². The minimum absolute atomic E-state index is 0.0248. The predicted molar refractivity (Wildman–Crippen MR) is 259 cm³/mol. The molecule has 0 N–H and O–H groups in total. The number of benzene rings is 6. The molecule has 0 radical (unpaired) electrons. The summed E-state index contributed by atoms with van der Waals surface area (Å²) in [6.45, 7) is 6.94. The van der Waals surface area contributed by atoms with E-state index in [2.05, 4.69) is 212 Å². The molecular weight excluding hydrogens is 964 g/mol. The van der Waals surface area contributed by atoms with Crippen molar-refractivity contribution < 1.29 is 24.1 Å². The summed E-state index contributed by atoms with van der Waals surface area (Å²) in [5, 5.41) is 0. The zero-order chi connectivity index (χ0) is 43.4. The molecule has 6 heteroatoms. The summed E-state index contributed by atoms with van der Waals surface area (Å²) in [6.07, 6.45) is 13.5. The van der Waals surface area contributed by atoms with Gasteiger partial charge in [-0.15, -0.1) is 0 Å². The van der Waals surface area contributed by atoms with Gasteiger partial charge in [0.1, 0.15) is 0 Å². The number of imidazole rings is 1. The average molecular weight is 1020 g/mol. The van der Waals surface area contributed by atoms with Crippen molar-refractivity contribution in [2.24, 2.45) is 5.92 Å². The molecule has 3 heterocycles. The van der Waals surface area contributed by atoms with Crippen molar-refractivity contribution in [3.8, 4) is 45.1 Å². The molecule has 324 valence electrons. The van der Waals surface area contributed by atoms with Crippen LogP contribution in [0.15, 0.2) is 164 Å². The molecule has 2 saturated carbocycles. The fourth-order valence-corrected chi connectivity index (χ4v) is 12.7. The van der Waals surface area contributed by atoms with E-state index in [9.17, 15) is 0 Å². The second kappa shape index (κ2) is 16.7. The number of anilines is 2. The molecule has 0 bridgehead atoms. The molecule has 11 rings (SSSR count). The van der Waals surface area contributed by atoms with Crippen LogP contribution < -0.4 is 9.64 Å². The molecule has 2 aliphatic carbocycles. The molecule has 8 aromatic rings. The normalized spacial score (nSPS) is 18.2. The molecule has 64 heavy (non-hydrogen) atoms. The van der Waals surface area contributed by atoms with Crippen LogP contribution in [0, 0.1) is 9.72 Å². The van der Waals surface area contributed by atoms with Crippen LogP contribution in [0.1, 0.15) is 95.6 Å². The first kappa shape index (κ1) is 41.0. The summed E-state index contributed by atoms with van der Waals surface area (Å²) in [5.41, 5.74) is 13.4. The molecule has 2 aromatic heterocycles. The van der Waals surface area contributed by atoms with Gasteiger partial charge >= 0.3 is 308 Å². The van der Waals surface area contributed by atoms with Crippen LogP contribution in [0.3, 0.4) is 0 Å². The molecule has 1 aliphatic heterocycles. The Hall–Kier alpha value is -5.77. The number of aromatic nitrogens is 3. The van der Waals surface area contributed by atoms with Gasteiger partial charge in [-0.2, -0.15) is 0 Å². The maximum atomic E-state index is 7.01. The number of hydrogen-bond donors (Lipinski definition) is 0. The molecule has 1 spiro atoms. The van der Waals surface area contributed by atoms with Crippen LogP contribution in [-0.2, 0) is 24.8 Å². The van der Waals surface area contributed by atoms with Crippen molar-refractivity contribution in [1.29, 1.82) is 0 Å². The van der Waals surface area contributed by atoms with E-state index in [-0.39, 0.29) is 11.0 Å². The van der Waals surface area contributed by atoms with E-state index in [1.165, 1.54) is 96.9 Å². The first-order chi connectivity index (χ1) is 31.3. The molecule has 3 aliphatic rings. The molecule has 2 unspecified atom stereocenters. The van der Waals surface area contributed by atoms with Gasteiger partial charge in [0.2, 0.25) is 0 Å². The van der Waals surface area contributed by atoms with Crippen LogP contribution in [0.4, 0.5) is 11.5 Å². The summed E-state index contributed by atoms with van der Waals surface area (Å²) in [5.74, 6) is 3.95. The zero-order valence-electron chi connectivity index (χ0n) is 37.1. The number of hydrogen-bond acceptors (Lipinski definition) is 3. The van der Waals surface area contributed by atoms with E-state index in [1.807, 2.05) is 6.20 Å². The van der Waals surface area contributed by atoms with Crippen LogP contribution in [0.25, 0.3) is 44.7 Å². The minimum Gasteiger partial charge on any atom is -0.0531 e. The van der Waals surface area contributed by atoms with Gasteiger partial charge < -0.3 is 0 Å². The SMILES string of the molecule is CC(C)(C)c1ccnc(N2c3cc(Oc4cccc(-n5[c](=[Pt])n(-c6c(-c7ccccc7)cccc6-c6ccccc6)c6ccccc65)c4)ccc3C3CCCCC3C23CCCCC3)c1. The zero-order valence-corrected chi connectivity index (χ0v) is 39.4. The van der Waals surface area contributed by atoms with Crippen LogP contribution in [0.2, 0.25) is 0 Å². The van der Waals surface area contributed by atoms with Gasteiger partial charge in [-0.1, -0.05) is 52.9 Å². The Morgan fingerprint density at radius 1 is 0.609 bits per heavy atom. The number of nitrogens with zero attached hydrogens (tertiary/aromatic N) is 4. The third-order valence-corrected chi connectivity index (χ3v) is 15.6. The molecule has 5 nitrogen and oxygen atoms in total. The Labute approximate surface area is 388 Å². The van der Waals surface area contributed by atoms with E-state index >= 15 is 0 Å². The minimum atomic E-state index is 0.0248. The fraction of sp³-hybridized carbons (Fsp3) is 0.276. The molecule has 2 fully saturated rings.